The Morgan fingerprint density at radius 2 is 1.85 bits per heavy atom. The van der Waals surface area contributed by atoms with Gasteiger partial charge in [-0.15, -0.1) is 0 Å². The average molecular weight is 659 g/mol. The lowest BCUT2D eigenvalue weighted by Crippen LogP contribution is -2.58. The molecule has 47 heavy (non-hydrogen) atoms. The highest BCUT2D eigenvalue weighted by Crippen LogP contribution is 2.43. The van der Waals surface area contributed by atoms with Gasteiger partial charge in [-0.2, -0.15) is 0 Å². The standard InChI is InChI=1S/C35H48F2N4O6/c1-8-22-26-18-41(29(22)19(2)42)32(43)30(34(3,4)5)40-33(44)47-35(6)16-10-12-20(35)11-9-13-23(36)27(37)28-31(46-26)39-25-17-21(45-7)14-15-24(25)38-28/h14-15,17,20,22-23,26-27,29-30H,8-13,16,18H2,1-7H3,(H,40,44)/t20?,22?,23?,26-,27?,29+,30+,35+/m0/s1. The van der Waals surface area contributed by atoms with Gasteiger partial charge in [0.1, 0.15) is 35.4 Å². The first-order valence-electron chi connectivity index (χ1n) is 16.8. The number of amides is 2. The number of carbonyl (C=O) groups is 3. The van der Waals surface area contributed by atoms with Gasteiger partial charge < -0.3 is 24.4 Å². The average Bonchev–Trinajstić information content (AvgIpc) is 3.56. The number of halogens is 2. The summed E-state index contributed by atoms with van der Waals surface area (Å²) in [5.74, 6) is -0.914. The van der Waals surface area contributed by atoms with E-state index in [1.165, 1.54) is 18.9 Å². The van der Waals surface area contributed by atoms with Crippen LogP contribution in [0.25, 0.3) is 11.0 Å². The first-order chi connectivity index (χ1) is 22.2. The number of Topliss-reactive ketones (excluding diaryl/α,β-unsaturated/α-hetero) is 1. The number of carbonyl (C=O) groups excluding carboxylic acids is 3. The summed E-state index contributed by atoms with van der Waals surface area (Å²) in [4.78, 5) is 51.5. The van der Waals surface area contributed by atoms with E-state index in [2.05, 4.69) is 15.3 Å². The third-order valence-electron chi connectivity index (χ3n) is 10.3. The zero-order chi connectivity index (χ0) is 34.3. The highest BCUT2D eigenvalue weighted by atomic mass is 19.2. The molecule has 0 spiro atoms. The third-order valence-corrected chi connectivity index (χ3v) is 10.3. The summed E-state index contributed by atoms with van der Waals surface area (Å²) < 4.78 is 49.6. The molecule has 258 valence electrons. The van der Waals surface area contributed by atoms with Crippen molar-refractivity contribution < 1.29 is 37.4 Å². The molecule has 2 bridgehead atoms. The van der Waals surface area contributed by atoms with Gasteiger partial charge in [-0.1, -0.05) is 34.1 Å². The SMILES string of the molecule is CCC1[C@@H]2CN(C(=O)[C@H](C(C)(C)C)NC(=O)O[C@]3(C)CCCC3CCCC(F)C(F)c3nc4ccc(OC)cc4nc3O2)[C@@H]1C(C)=O. The van der Waals surface area contributed by atoms with Gasteiger partial charge >= 0.3 is 6.09 Å². The van der Waals surface area contributed by atoms with Crippen molar-refractivity contribution in [1.82, 2.24) is 20.2 Å². The molecule has 1 aromatic carbocycles. The van der Waals surface area contributed by atoms with Crippen LogP contribution in [0.5, 0.6) is 11.6 Å². The van der Waals surface area contributed by atoms with Gasteiger partial charge in [0.05, 0.1) is 30.7 Å². The fraction of sp³-hybridized carbons (Fsp3) is 0.686. The van der Waals surface area contributed by atoms with Crippen LogP contribution >= 0.6 is 0 Å². The van der Waals surface area contributed by atoms with Gasteiger partial charge in [-0.05, 0) is 75.8 Å². The van der Waals surface area contributed by atoms with Crippen molar-refractivity contribution in [2.24, 2.45) is 17.3 Å². The zero-order valence-electron chi connectivity index (χ0n) is 28.5. The molecule has 3 heterocycles. The van der Waals surface area contributed by atoms with Gasteiger partial charge in [0, 0.05) is 12.0 Å². The quantitative estimate of drug-likeness (QED) is 0.400. The topological polar surface area (TPSA) is 120 Å². The van der Waals surface area contributed by atoms with Crippen LogP contribution in [0.2, 0.25) is 0 Å². The van der Waals surface area contributed by atoms with Crippen LogP contribution in [-0.2, 0) is 14.3 Å². The molecule has 2 amide bonds. The molecule has 1 aliphatic carbocycles. The normalized spacial score (nSPS) is 32.4. The van der Waals surface area contributed by atoms with Crippen LogP contribution in [0.1, 0.15) is 98.4 Å². The van der Waals surface area contributed by atoms with Crippen LogP contribution in [0, 0.1) is 17.3 Å². The summed E-state index contributed by atoms with van der Waals surface area (Å²) in [6.07, 6.45) is -1.99. The molecule has 5 rings (SSSR count). The number of ether oxygens (including phenoxy) is 3. The predicted molar refractivity (Wildman–Crippen MR) is 172 cm³/mol. The Morgan fingerprint density at radius 1 is 1.13 bits per heavy atom. The van der Waals surface area contributed by atoms with Crippen molar-refractivity contribution in [3.8, 4) is 11.6 Å². The Morgan fingerprint density at radius 3 is 2.51 bits per heavy atom. The minimum atomic E-state index is -2.13. The number of alkyl carbamates (subject to hydrolysis) is 1. The lowest BCUT2D eigenvalue weighted by Gasteiger charge is -2.37. The molecule has 8 atom stereocenters. The molecule has 1 N–H and O–H groups in total. The van der Waals surface area contributed by atoms with E-state index >= 15 is 8.78 Å². The predicted octanol–water partition coefficient (Wildman–Crippen LogP) is 6.44. The number of hydrogen-bond donors (Lipinski definition) is 1. The summed E-state index contributed by atoms with van der Waals surface area (Å²) >= 11 is 0. The molecule has 12 heteroatoms. The van der Waals surface area contributed by atoms with E-state index in [0.717, 1.165) is 12.8 Å². The molecule has 3 aliphatic rings. The number of ketones is 1. The number of aromatic nitrogens is 2. The van der Waals surface area contributed by atoms with Gasteiger partial charge in [0.2, 0.25) is 11.8 Å². The molecule has 1 aromatic heterocycles. The monoisotopic (exact) mass is 658 g/mol. The van der Waals surface area contributed by atoms with Crippen molar-refractivity contribution in [3.63, 3.8) is 0 Å². The molecule has 1 saturated heterocycles. The largest absolute Gasteiger partial charge is 0.497 e. The zero-order valence-corrected chi connectivity index (χ0v) is 28.5. The molecule has 2 aliphatic heterocycles. The van der Waals surface area contributed by atoms with Crippen LogP contribution in [0.3, 0.4) is 0 Å². The molecule has 10 nitrogen and oxygen atoms in total. The van der Waals surface area contributed by atoms with Crippen molar-refractivity contribution in [1.29, 1.82) is 0 Å². The fourth-order valence-corrected chi connectivity index (χ4v) is 7.65. The van der Waals surface area contributed by atoms with Gasteiger partial charge in [-0.3, -0.25) is 9.59 Å². The summed E-state index contributed by atoms with van der Waals surface area (Å²) in [5.41, 5.74) is -1.09. The summed E-state index contributed by atoms with van der Waals surface area (Å²) in [6.45, 7) is 10.7. The van der Waals surface area contributed by atoms with Crippen LogP contribution < -0.4 is 14.8 Å². The molecule has 2 aromatic rings. The Kier molecular flexibility index (Phi) is 9.99. The Balaban J connectivity index is 1.61. The van der Waals surface area contributed by atoms with E-state index in [-0.39, 0.29) is 36.2 Å². The Labute approximate surface area is 275 Å². The second-order valence-corrected chi connectivity index (χ2v) is 14.6. The second-order valence-electron chi connectivity index (χ2n) is 14.6. The first kappa shape index (κ1) is 34.8. The van der Waals surface area contributed by atoms with E-state index in [1.54, 1.807) is 18.2 Å². The molecular formula is C35H48F2N4O6. The number of alkyl halides is 2. The van der Waals surface area contributed by atoms with Crippen molar-refractivity contribution in [3.05, 3.63) is 23.9 Å². The molecular weight excluding hydrogens is 610 g/mol. The Hall–Kier alpha value is -3.57. The lowest BCUT2D eigenvalue weighted by molar-refractivity contribution is -0.141. The maximum absolute atomic E-state index is 16.2. The van der Waals surface area contributed by atoms with Gasteiger partial charge in [0.25, 0.3) is 0 Å². The molecule has 4 unspecified atom stereocenters. The van der Waals surface area contributed by atoms with Crippen molar-refractivity contribution >= 4 is 28.8 Å². The maximum atomic E-state index is 16.2. The Bertz CT molecular complexity index is 1500. The minimum Gasteiger partial charge on any atom is -0.497 e. The van der Waals surface area contributed by atoms with E-state index in [1.807, 2.05) is 34.6 Å². The van der Waals surface area contributed by atoms with Crippen LogP contribution in [0.15, 0.2) is 18.2 Å². The van der Waals surface area contributed by atoms with Crippen LogP contribution in [-0.4, -0.2) is 76.3 Å². The highest BCUT2D eigenvalue weighted by molar-refractivity contribution is 5.92. The number of benzene rings is 1. The number of rotatable bonds is 3. The van der Waals surface area contributed by atoms with E-state index in [0.29, 0.717) is 42.5 Å². The molecule has 1 saturated carbocycles. The van der Waals surface area contributed by atoms with E-state index < -0.39 is 59.5 Å². The maximum Gasteiger partial charge on any atom is 0.408 e. The molecule has 0 radical (unpaired) electrons. The highest BCUT2D eigenvalue weighted by Gasteiger charge is 2.51. The van der Waals surface area contributed by atoms with Crippen molar-refractivity contribution in [2.45, 2.75) is 123 Å². The van der Waals surface area contributed by atoms with Crippen LogP contribution in [0.4, 0.5) is 13.6 Å². The third kappa shape index (κ3) is 7.02. The number of nitrogens with zero attached hydrogens (tertiary/aromatic N) is 3. The van der Waals surface area contributed by atoms with Gasteiger partial charge in [0.15, 0.2) is 12.0 Å². The number of fused-ring (bicyclic) bond motifs is 5. The minimum absolute atomic E-state index is 0.0298. The summed E-state index contributed by atoms with van der Waals surface area (Å²) in [7, 11) is 1.51. The second kappa shape index (κ2) is 13.5. The fourth-order valence-electron chi connectivity index (χ4n) is 7.65. The van der Waals surface area contributed by atoms with Gasteiger partial charge in [-0.25, -0.2) is 23.5 Å². The van der Waals surface area contributed by atoms with E-state index in [9.17, 15) is 14.4 Å². The lowest BCUT2D eigenvalue weighted by atomic mass is 9.85. The molecule has 2 fully saturated rings. The number of hydrogen-bond acceptors (Lipinski definition) is 8. The first-order valence-corrected chi connectivity index (χ1v) is 16.8. The summed E-state index contributed by atoms with van der Waals surface area (Å²) in [6, 6.07) is 3.05. The number of nitrogens with one attached hydrogen (secondary N) is 1. The van der Waals surface area contributed by atoms with Crippen molar-refractivity contribution in [2.75, 3.05) is 13.7 Å². The summed E-state index contributed by atoms with van der Waals surface area (Å²) in [5, 5.41) is 2.84. The number of methoxy groups -OCH3 is 1. The van der Waals surface area contributed by atoms with E-state index in [4.69, 9.17) is 14.2 Å². The smallest absolute Gasteiger partial charge is 0.408 e.